The monoisotopic (exact) mass is 271 g/mol. The lowest BCUT2D eigenvalue weighted by Crippen LogP contribution is -2.22. The molecule has 1 rings (SSSR count). The number of hydrogen-bond acceptors (Lipinski definition) is 4. The van der Waals surface area contributed by atoms with Crippen LogP contribution in [0.2, 0.25) is 0 Å². The molecule has 0 radical (unpaired) electrons. The number of rotatable bonds is 5. The number of benzene rings is 1. The molecule has 106 valence electrons. The molecule has 19 heavy (non-hydrogen) atoms. The predicted molar refractivity (Wildman–Crippen MR) is 68.2 cm³/mol. The highest BCUT2D eigenvalue weighted by molar-refractivity contribution is 5.77. The van der Waals surface area contributed by atoms with Gasteiger partial charge in [-0.3, -0.25) is 4.79 Å². The minimum Gasteiger partial charge on any atom is -0.496 e. The molecular formula is C13H18FNO4. The second-order valence-electron chi connectivity index (χ2n) is 4.58. The van der Waals surface area contributed by atoms with Crippen LogP contribution >= 0.6 is 0 Å². The lowest BCUT2D eigenvalue weighted by atomic mass is 9.94. The summed E-state index contributed by atoms with van der Waals surface area (Å²) in [5.41, 5.74) is 4.31. The van der Waals surface area contributed by atoms with E-state index in [1.54, 1.807) is 0 Å². The van der Waals surface area contributed by atoms with Crippen LogP contribution in [0.5, 0.6) is 11.5 Å². The Kier molecular flexibility index (Phi) is 4.36. The van der Waals surface area contributed by atoms with Crippen molar-refractivity contribution in [3.05, 3.63) is 23.3 Å². The molecule has 1 atom stereocenters. The second kappa shape index (κ2) is 5.44. The van der Waals surface area contributed by atoms with E-state index in [0.717, 1.165) is 0 Å². The molecule has 1 unspecified atom stereocenters. The van der Waals surface area contributed by atoms with E-state index in [-0.39, 0.29) is 22.6 Å². The van der Waals surface area contributed by atoms with E-state index in [1.807, 2.05) is 0 Å². The number of carbonyl (C=O) groups is 1. The first kappa shape index (κ1) is 15.2. The van der Waals surface area contributed by atoms with Crippen LogP contribution in [0.25, 0.3) is 0 Å². The second-order valence-corrected chi connectivity index (χ2v) is 4.58. The summed E-state index contributed by atoms with van der Waals surface area (Å²) in [6.07, 6.45) is 0. The fourth-order valence-corrected chi connectivity index (χ4v) is 1.76. The van der Waals surface area contributed by atoms with Gasteiger partial charge in [-0.2, -0.15) is 0 Å². The van der Waals surface area contributed by atoms with E-state index >= 15 is 0 Å². The molecule has 0 saturated heterocycles. The molecule has 1 aromatic rings. The molecular weight excluding hydrogens is 253 g/mol. The van der Waals surface area contributed by atoms with Gasteiger partial charge in [0, 0.05) is 17.2 Å². The molecule has 0 aliphatic rings. The van der Waals surface area contributed by atoms with Crippen molar-refractivity contribution in [2.45, 2.75) is 25.6 Å². The Morgan fingerprint density at radius 2 is 1.84 bits per heavy atom. The molecule has 6 heteroatoms. The van der Waals surface area contributed by atoms with Crippen molar-refractivity contribution < 1.29 is 23.8 Å². The molecule has 0 spiro atoms. The van der Waals surface area contributed by atoms with E-state index < -0.39 is 17.7 Å². The molecule has 5 nitrogen and oxygen atoms in total. The summed E-state index contributed by atoms with van der Waals surface area (Å²) >= 11 is 0. The number of carboxylic acid groups (broad SMARTS) is 1. The Labute approximate surface area is 111 Å². The van der Waals surface area contributed by atoms with Gasteiger partial charge in [-0.25, -0.2) is 4.39 Å². The van der Waals surface area contributed by atoms with Gasteiger partial charge >= 0.3 is 5.97 Å². The number of ether oxygens (including phenoxy) is 2. The molecule has 0 amide bonds. The Bertz CT molecular complexity index is 482. The van der Waals surface area contributed by atoms with Crippen molar-refractivity contribution in [2.24, 2.45) is 5.73 Å². The van der Waals surface area contributed by atoms with Gasteiger partial charge in [0.2, 0.25) is 0 Å². The van der Waals surface area contributed by atoms with Gasteiger partial charge in [-0.15, -0.1) is 0 Å². The average molecular weight is 271 g/mol. The van der Waals surface area contributed by atoms with Crippen molar-refractivity contribution in [1.29, 1.82) is 0 Å². The van der Waals surface area contributed by atoms with Crippen LogP contribution in [0, 0.1) is 0 Å². The van der Waals surface area contributed by atoms with Gasteiger partial charge in [0.05, 0.1) is 14.2 Å². The molecule has 0 aromatic heterocycles. The Morgan fingerprint density at radius 3 is 2.21 bits per heavy atom. The van der Waals surface area contributed by atoms with Crippen molar-refractivity contribution in [3.8, 4) is 11.5 Å². The SMILES string of the molecule is COc1cc(OC)c(C(C)(C)F)cc1C(N)C(=O)O. The molecule has 0 heterocycles. The number of nitrogens with two attached hydrogens (primary N) is 1. The normalized spacial score (nSPS) is 12.9. The first-order valence-corrected chi connectivity index (χ1v) is 5.66. The quantitative estimate of drug-likeness (QED) is 0.856. The first-order valence-electron chi connectivity index (χ1n) is 5.66. The summed E-state index contributed by atoms with van der Waals surface area (Å²) in [6, 6.07) is 1.52. The smallest absolute Gasteiger partial charge is 0.325 e. The number of aliphatic carboxylic acids is 1. The highest BCUT2D eigenvalue weighted by Gasteiger charge is 2.28. The summed E-state index contributed by atoms with van der Waals surface area (Å²) in [4.78, 5) is 11.0. The summed E-state index contributed by atoms with van der Waals surface area (Å²) in [7, 11) is 2.79. The van der Waals surface area contributed by atoms with Crippen LogP contribution in [0.4, 0.5) is 4.39 Å². The third-order valence-corrected chi connectivity index (χ3v) is 2.79. The maximum absolute atomic E-state index is 14.1. The third-order valence-electron chi connectivity index (χ3n) is 2.79. The lowest BCUT2D eigenvalue weighted by Gasteiger charge is -2.22. The van der Waals surface area contributed by atoms with Crippen molar-refractivity contribution in [2.75, 3.05) is 14.2 Å². The van der Waals surface area contributed by atoms with Crippen molar-refractivity contribution in [1.82, 2.24) is 0 Å². The number of hydrogen-bond donors (Lipinski definition) is 2. The van der Waals surface area contributed by atoms with Crippen molar-refractivity contribution >= 4 is 5.97 Å². The maximum atomic E-state index is 14.1. The zero-order chi connectivity index (χ0) is 14.8. The van der Waals surface area contributed by atoms with Crippen LogP contribution in [0.15, 0.2) is 12.1 Å². The molecule has 0 saturated carbocycles. The number of alkyl halides is 1. The zero-order valence-electron chi connectivity index (χ0n) is 11.4. The van der Waals surface area contributed by atoms with Gasteiger partial charge < -0.3 is 20.3 Å². The highest BCUT2D eigenvalue weighted by atomic mass is 19.1. The largest absolute Gasteiger partial charge is 0.496 e. The summed E-state index contributed by atoms with van der Waals surface area (Å²) < 4.78 is 24.3. The minimum atomic E-state index is -1.69. The maximum Gasteiger partial charge on any atom is 0.325 e. The van der Waals surface area contributed by atoms with E-state index in [0.29, 0.717) is 0 Å². The molecule has 0 fully saturated rings. The fourth-order valence-electron chi connectivity index (χ4n) is 1.76. The van der Waals surface area contributed by atoms with Gasteiger partial charge in [0.25, 0.3) is 0 Å². The van der Waals surface area contributed by atoms with Gasteiger partial charge in [0.15, 0.2) is 0 Å². The molecule has 1 aromatic carbocycles. The molecule has 3 N–H and O–H groups in total. The Balaban J connectivity index is 3.50. The highest BCUT2D eigenvalue weighted by Crippen LogP contribution is 2.39. The Morgan fingerprint density at radius 1 is 1.32 bits per heavy atom. The van der Waals surface area contributed by atoms with Crippen LogP contribution < -0.4 is 15.2 Å². The standard InChI is InChI=1S/C13H18FNO4/c1-13(2,14)8-5-7(11(15)12(16)17)9(18-3)6-10(8)19-4/h5-6,11H,15H2,1-4H3,(H,16,17). The zero-order valence-corrected chi connectivity index (χ0v) is 11.4. The number of halogens is 1. The summed E-state index contributed by atoms with van der Waals surface area (Å²) in [5, 5.41) is 8.97. The van der Waals surface area contributed by atoms with Crippen molar-refractivity contribution in [3.63, 3.8) is 0 Å². The predicted octanol–water partition coefficient (Wildman–Crippen LogP) is 1.99. The van der Waals surface area contributed by atoms with Crippen LogP contribution in [0.1, 0.15) is 31.0 Å². The van der Waals surface area contributed by atoms with Gasteiger partial charge in [-0.1, -0.05) is 0 Å². The number of carboxylic acids is 1. The lowest BCUT2D eigenvalue weighted by molar-refractivity contribution is -0.138. The van der Waals surface area contributed by atoms with Crippen LogP contribution in [-0.2, 0) is 10.5 Å². The topological polar surface area (TPSA) is 81.8 Å². The van der Waals surface area contributed by atoms with Gasteiger partial charge in [-0.05, 0) is 19.9 Å². The van der Waals surface area contributed by atoms with Crippen LogP contribution in [-0.4, -0.2) is 25.3 Å². The first-order chi connectivity index (χ1) is 8.72. The number of methoxy groups -OCH3 is 2. The van der Waals surface area contributed by atoms with E-state index in [4.69, 9.17) is 20.3 Å². The van der Waals surface area contributed by atoms with E-state index in [9.17, 15) is 9.18 Å². The summed E-state index contributed by atoms with van der Waals surface area (Å²) in [6.45, 7) is 2.71. The summed E-state index contributed by atoms with van der Waals surface area (Å²) in [5.74, 6) is -0.684. The third kappa shape index (κ3) is 3.14. The molecule has 0 bridgehead atoms. The molecule has 0 aliphatic heterocycles. The van der Waals surface area contributed by atoms with E-state index in [2.05, 4.69) is 0 Å². The van der Waals surface area contributed by atoms with Crippen LogP contribution in [0.3, 0.4) is 0 Å². The van der Waals surface area contributed by atoms with E-state index in [1.165, 1.54) is 40.2 Å². The minimum absolute atomic E-state index is 0.205. The molecule has 0 aliphatic carbocycles. The fraction of sp³-hybridized carbons (Fsp3) is 0.462. The Hall–Kier alpha value is -1.82. The average Bonchev–Trinajstić information content (AvgIpc) is 2.34. The van der Waals surface area contributed by atoms with Gasteiger partial charge in [0.1, 0.15) is 23.2 Å².